The number of H-pyrrole nitrogens is 1. The lowest BCUT2D eigenvalue weighted by molar-refractivity contribution is 0.102. The summed E-state index contributed by atoms with van der Waals surface area (Å²) >= 11 is 7.63. The third-order valence-corrected chi connectivity index (χ3v) is 6.36. The number of pyridine rings is 1. The highest BCUT2D eigenvalue weighted by Gasteiger charge is 2.16. The molecule has 0 bridgehead atoms. The fraction of sp³-hybridized carbons (Fsp3) is 0.0800. The van der Waals surface area contributed by atoms with E-state index in [1.54, 1.807) is 29.9 Å². The standard InChI is InChI=1S/C25H19ClN6O3S/c1-14-29-22(13-36-14)24(33)30-19-7-16(8-20-18(19)11-28-32-20)17-9-21(23(26)27-10-17)31-25(34)35-12-15-5-3-2-4-6-15/h2-11,13H,12H2,1H3,(H,28,32)(H,30,33)(H,31,34). The van der Waals surface area contributed by atoms with Gasteiger partial charge in [0.05, 0.1) is 28.1 Å². The number of anilines is 2. The fourth-order valence-electron chi connectivity index (χ4n) is 3.54. The number of carbonyl (C=O) groups excluding carboxylic acids is 2. The summed E-state index contributed by atoms with van der Waals surface area (Å²) in [5.41, 5.74) is 4.15. The first-order chi connectivity index (χ1) is 17.5. The maximum absolute atomic E-state index is 12.7. The summed E-state index contributed by atoms with van der Waals surface area (Å²) in [6.07, 6.45) is 2.56. The highest BCUT2D eigenvalue weighted by molar-refractivity contribution is 7.09. The van der Waals surface area contributed by atoms with Gasteiger partial charge in [0.1, 0.15) is 12.3 Å². The number of rotatable bonds is 6. The van der Waals surface area contributed by atoms with E-state index >= 15 is 0 Å². The lowest BCUT2D eigenvalue weighted by Gasteiger charge is -2.12. The second kappa shape index (κ2) is 10.1. The number of nitrogens with zero attached hydrogens (tertiary/aromatic N) is 3. The minimum Gasteiger partial charge on any atom is -0.444 e. The van der Waals surface area contributed by atoms with Crippen LogP contribution < -0.4 is 10.6 Å². The summed E-state index contributed by atoms with van der Waals surface area (Å²) in [6.45, 7) is 1.96. The molecule has 36 heavy (non-hydrogen) atoms. The topological polar surface area (TPSA) is 122 Å². The summed E-state index contributed by atoms with van der Waals surface area (Å²) in [4.78, 5) is 33.5. The molecule has 0 unspecified atom stereocenters. The Bertz CT molecular complexity index is 1570. The van der Waals surface area contributed by atoms with Crippen LogP contribution in [0.25, 0.3) is 22.0 Å². The summed E-state index contributed by atoms with van der Waals surface area (Å²) in [5, 5.41) is 15.9. The van der Waals surface area contributed by atoms with Gasteiger partial charge in [-0.3, -0.25) is 15.2 Å². The molecule has 180 valence electrons. The van der Waals surface area contributed by atoms with Crippen molar-refractivity contribution < 1.29 is 14.3 Å². The molecule has 0 aliphatic carbocycles. The highest BCUT2D eigenvalue weighted by Crippen LogP contribution is 2.33. The van der Waals surface area contributed by atoms with Crippen LogP contribution in [0.5, 0.6) is 0 Å². The van der Waals surface area contributed by atoms with Crippen molar-refractivity contribution in [2.75, 3.05) is 10.6 Å². The van der Waals surface area contributed by atoms with Gasteiger partial charge in [-0.2, -0.15) is 5.10 Å². The third-order valence-electron chi connectivity index (χ3n) is 5.28. The zero-order chi connectivity index (χ0) is 25.1. The van der Waals surface area contributed by atoms with Crippen LogP contribution in [0.2, 0.25) is 5.15 Å². The second-order valence-corrected chi connectivity index (χ2v) is 9.23. The summed E-state index contributed by atoms with van der Waals surface area (Å²) in [7, 11) is 0. The van der Waals surface area contributed by atoms with Gasteiger partial charge in [-0.25, -0.2) is 14.8 Å². The Labute approximate surface area is 214 Å². The van der Waals surface area contributed by atoms with Crippen LogP contribution in [-0.2, 0) is 11.3 Å². The molecule has 2 amide bonds. The Morgan fingerprint density at radius 1 is 1.06 bits per heavy atom. The number of ether oxygens (including phenoxy) is 1. The van der Waals surface area contributed by atoms with Crippen LogP contribution in [0.3, 0.4) is 0 Å². The predicted molar refractivity (Wildman–Crippen MR) is 139 cm³/mol. The summed E-state index contributed by atoms with van der Waals surface area (Å²) in [6, 6.07) is 14.7. The van der Waals surface area contributed by atoms with Gasteiger partial charge in [-0.1, -0.05) is 41.9 Å². The van der Waals surface area contributed by atoms with Gasteiger partial charge in [-0.15, -0.1) is 11.3 Å². The molecule has 11 heteroatoms. The monoisotopic (exact) mass is 518 g/mol. The fourth-order valence-corrected chi connectivity index (χ4v) is 4.28. The average molecular weight is 519 g/mol. The van der Waals surface area contributed by atoms with Crippen molar-refractivity contribution in [3.8, 4) is 11.1 Å². The van der Waals surface area contributed by atoms with Crippen molar-refractivity contribution in [2.24, 2.45) is 0 Å². The molecular formula is C25H19ClN6O3S. The predicted octanol–water partition coefficient (Wildman–Crippen LogP) is 6.04. The van der Waals surface area contributed by atoms with Gasteiger partial charge in [0.2, 0.25) is 0 Å². The van der Waals surface area contributed by atoms with E-state index in [1.807, 2.05) is 43.3 Å². The number of aromatic amines is 1. The molecule has 9 nitrogen and oxygen atoms in total. The number of fused-ring (bicyclic) bond motifs is 1. The largest absolute Gasteiger partial charge is 0.444 e. The molecule has 5 aromatic rings. The molecule has 0 atom stereocenters. The molecule has 2 aromatic carbocycles. The molecular weight excluding hydrogens is 500 g/mol. The number of amides is 2. The van der Waals surface area contributed by atoms with Crippen molar-refractivity contribution >= 4 is 57.2 Å². The molecule has 3 aromatic heterocycles. The second-order valence-electron chi connectivity index (χ2n) is 7.81. The molecule has 0 fully saturated rings. The first-order valence-electron chi connectivity index (χ1n) is 10.8. The number of nitrogens with one attached hydrogen (secondary N) is 3. The molecule has 0 spiro atoms. The number of aryl methyl sites for hydroxylation is 1. The van der Waals surface area contributed by atoms with E-state index in [0.717, 1.165) is 21.5 Å². The molecule has 3 heterocycles. The number of hydrogen-bond acceptors (Lipinski definition) is 7. The number of halogens is 1. The smallest absolute Gasteiger partial charge is 0.412 e. The van der Waals surface area contributed by atoms with Gasteiger partial charge >= 0.3 is 6.09 Å². The van der Waals surface area contributed by atoms with Gasteiger partial charge in [0.15, 0.2) is 5.15 Å². The van der Waals surface area contributed by atoms with E-state index in [9.17, 15) is 9.59 Å². The summed E-state index contributed by atoms with van der Waals surface area (Å²) < 4.78 is 5.28. The van der Waals surface area contributed by atoms with Crippen LogP contribution >= 0.6 is 22.9 Å². The van der Waals surface area contributed by atoms with E-state index in [4.69, 9.17) is 16.3 Å². The van der Waals surface area contributed by atoms with Crippen LogP contribution in [0.1, 0.15) is 21.1 Å². The van der Waals surface area contributed by atoms with Crippen molar-refractivity contribution in [2.45, 2.75) is 13.5 Å². The first kappa shape index (κ1) is 23.5. The van der Waals surface area contributed by atoms with E-state index in [1.165, 1.54) is 11.3 Å². The Kier molecular flexibility index (Phi) is 6.61. The molecule has 5 rings (SSSR count). The Hall–Kier alpha value is -4.28. The van der Waals surface area contributed by atoms with Gasteiger partial charge in [-0.05, 0) is 36.2 Å². The Morgan fingerprint density at radius 3 is 2.64 bits per heavy atom. The van der Waals surface area contributed by atoms with Crippen LogP contribution in [0.15, 0.2) is 66.3 Å². The number of aromatic nitrogens is 4. The first-order valence-corrected chi connectivity index (χ1v) is 12.1. The lowest BCUT2D eigenvalue weighted by Crippen LogP contribution is -2.14. The number of benzene rings is 2. The van der Waals surface area contributed by atoms with E-state index in [0.29, 0.717) is 28.1 Å². The van der Waals surface area contributed by atoms with Crippen molar-refractivity contribution in [3.05, 3.63) is 87.7 Å². The van der Waals surface area contributed by atoms with Crippen LogP contribution in [0.4, 0.5) is 16.2 Å². The van der Waals surface area contributed by atoms with Crippen molar-refractivity contribution in [1.29, 1.82) is 0 Å². The zero-order valence-electron chi connectivity index (χ0n) is 18.9. The molecule has 0 aliphatic rings. The van der Waals surface area contributed by atoms with Crippen LogP contribution in [0, 0.1) is 6.92 Å². The lowest BCUT2D eigenvalue weighted by atomic mass is 10.0. The van der Waals surface area contributed by atoms with E-state index < -0.39 is 6.09 Å². The SMILES string of the molecule is Cc1nc(C(=O)Nc2cc(-c3cnc(Cl)c(NC(=O)OCc4ccccc4)c3)cc3[nH]ncc23)cs1. The minimum absolute atomic E-state index is 0.116. The Balaban J connectivity index is 1.39. The third kappa shape index (κ3) is 5.19. The molecule has 0 saturated carbocycles. The molecule has 0 radical (unpaired) electrons. The van der Waals surface area contributed by atoms with Gasteiger partial charge in [0.25, 0.3) is 5.91 Å². The van der Waals surface area contributed by atoms with Gasteiger partial charge < -0.3 is 10.1 Å². The normalized spacial score (nSPS) is 10.8. The maximum atomic E-state index is 12.7. The van der Waals surface area contributed by atoms with Crippen LogP contribution in [-0.4, -0.2) is 32.2 Å². The van der Waals surface area contributed by atoms with Gasteiger partial charge in [0, 0.05) is 22.5 Å². The van der Waals surface area contributed by atoms with E-state index in [-0.39, 0.29) is 17.7 Å². The Morgan fingerprint density at radius 2 is 1.86 bits per heavy atom. The number of thiazole rings is 1. The molecule has 3 N–H and O–H groups in total. The summed E-state index contributed by atoms with van der Waals surface area (Å²) in [5.74, 6) is -0.322. The van der Waals surface area contributed by atoms with Crippen molar-refractivity contribution in [1.82, 2.24) is 20.2 Å². The minimum atomic E-state index is -0.657. The number of carbonyl (C=O) groups is 2. The average Bonchev–Trinajstić information content (AvgIpc) is 3.54. The number of hydrogen-bond donors (Lipinski definition) is 3. The molecule has 0 aliphatic heterocycles. The van der Waals surface area contributed by atoms with E-state index in [2.05, 4.69) is 30.8 Å². The van der Waals surface area contributed by atoms with Crippen molar-refractivity contribution in [3.63, 3.8) is 0 Å². The zero-order valence-corrected chi connectivity index (χ0v) is 20.5. The maximum Gasteiger partial charge on any atom is 0.412 e. The molecule has 0 saturated heterocycles. The highest BCUT2D eigenvalue weighted by atomic mass is 35.5. The quantitative estimate of drug-likeness (QED) is 0.235.